The van der Waals surface area contributed by atoms with E-state index in [4.69, 9.17) is 23.7 Å². The summed E-state index contributed by atoms with van der Waals surface area (Å²) in [4.78, 5) is 11.9. The second kappa shape index (κ2) is 13.3. The molecule has 3 aliphatic heterocycles. The molecule has 7 rings (SSSR count). The van der Waals surface area contributed by atoms with Crippen molar-refractivity contribution in [1.82, 2.24) is 0 Å². The summed E-state index contributed by atoms with van der Waals surface area (Å²) in [7, 11) is 0. The fourth-order valence-electron chi connectivity index (χ4n) is 11.4. The molecular weight excluding hydrogens is 644 g/mol. The van der Waals surface area contributed by atoms with Crippen LogP contribution in [0.1, 0.15) is 71.6 Å². The Kier molecular flexibility index (Phi) is 9.80. The number of esters is 1. The molecule has 0 aromatic carbocycles. The third-order valence-electron chi connectivity index (χ3n) is 14.2. The molecule has 6 fully saturated rings. The summed E-state index contributed by atoms with van der Waals surface area (Å²) in [5.74, 6) is 0.104. The van der Waals surface area contributed by atoms with Crippen LogP contribution < -0.4 is 0 Å². The molecule has 8 N–H and O–H groups in total. The van der Waals surface area contributed by atoms with Gasteiger partial charge in [0.25, 0.3) is 0 Å². The fourth-order valence-corrected chi connectivity index (χ4v) is 11.4. The maximum atomic E-state index is 12.5. The number of cyclic esters (lactones) is 1. The number of rotatable bonds is 7. The van der Waals surface area contributed by atoms with Crippen LogP contribution in [0.2, 0.25) is 0 Å². The Bertz CT molecular complexity index is 1260. The second-order valence-electron chi connectivity index (χ2n) is 16.2. The Morgan fingerprint density at radius 2 is 1.57 bits per heavy atom. The average Bonchev–Trinajstić information content (AvgIpc) is 3.64. The number of hydrogen-bond acceptors (Lipinski definition) is 14. The summed E-state index contributed by atoms with van der Waals surface area (Å²) in [6.07, 6.45) is -5.76. The van der Waals surface area contributed by atoms with Gasteiger partial charge < -0.3 is 64.5 Å². The summed E-state index contributed by atoms with van der Waals surface area (Å²) in [5, 5.41) is 85.8. The van der Waals surface area contributed by atoms with Crippen molar-refractivity contribution in [1.29, 1.82) is 0 Å². The lowest BCUT2D eigenvalue weighted by atomic mass is 9.43. The van der Waals surface area contributed by atoms with Crippen LogP contribution in [0.4, 0.5) is 0 Å². The van der Waals surface area contributed by atoms with E-state index >= 15 is 0 Å². The van der Waals surface area contributed by atoms with Crippen LogP contribution in [-0.2, 0) is 28.5 Å². The predicted octanol–water partition coefficient (Wildman–Crippen LogP) is -0.747. The van der Waals surface area contributed by atoms with Gasteiger partial charge in [-0.2, -0.15) is 0 Å². The zero-order chi connectivity index (χ0) is 35.0. The van der Waals surface area contributed by atoms with Crippen molar-refractivity contribution in [3.63, 3.8) is 0 Å². The van der Waals surface area contributed by atoms with Crippen LogP contribution in [0, 0.1) is 34.5 Å². The lowest BCUT2D eigenvalue weighted by molar-refractivity contribution is -0.360. The zero-order valence-electron chi connectivity index (χ0n) is 28.3. The molecule has 0 aromatic rings. The van der Waals surface area contributed by atoms with Gasteiger partial charge in [0.05, 0.1) is 24.4 Å². The number of aliphatic hydroxyl groups is 8. The molecule has 0 spiro atoms. The van der Waals surface area contributed by atoms with Gasteiger partial charge in [-0.1, -0.05) is 6.92 Å². The summed E-state index contributed by atoms with van der Waals surface area (Å²) in [6, 6.07) is 0. The summed E-state index contributed by atoms with van der Waals surface area (Å²) < 4.78 is 28.7. The van der Waals surface area contributed by atoms with Crippen LogP contribution >= 0.6 is 0 Å². The van der Waals surface area contributed by atoms with Crippen LogP contribution in [0.25, 0.3) is 0 Å². The van der Waals surface area contributed by atoms with Gasteiger partial charge in [-0.15, -0.1) is 0 Å². The third kappa shape index (κ3) is 5.64. The van der Waals surface area contributed by atoms with Crippen molar-refractivity contribution in [3.8, 4) is 0 Å². The van der Waals surface area contributed by atoms with Crippen molar-refractivity contribution in [2.75, 3.05) is 19.8 Å². The topological polar surface area (TPSA) is 225 Å². The molecule has 4 aliphatic carbocycles. The van der Waals surface area contributed by atoms with E-state index in [-0.39, 0.29) is 53.2 Å². The van der Waals surface area contributed by atoms with E-state index in [9.17, 15) is 45.6 Å². The molecule has 0 radical (unpaired) electrons. The van der Waals surface area contributed by atoms with Gasteiger partial charge in [-0.25, -0.2) is 4.79 Å². The molecule has 18 atom stereocenters. The minimum absolute atomic E-state index is 0.0184. The number of carbonyl (C=O) groups is 1. The summed E-state index contributed by atoms with van der Waals surface area (Å²) in [5.41, 5.74) is -0.641. The van der Waals surface area contributed by atoms with E-state index in [2.05, 4.69) is 6.92 Å². The first-order valence-electron chi connectivity index (χ1n) is 18.1. The Hall–Kier alpha value is -1.27. The lowest BCUT2D eigenvalue weighted by Gasteiger charge is -2.64. The van der Waals surface area contributed by atoms with Crippen molar-refractivity contribution in [2.45, 2.75) is 145 Å². The molecule has 3 heterocycles. The molecule has 14 nitrogen and oxygen atoms in total. The highest BCUT2D eigenvalue weighted by atomic mass is 16.7. The van der Waals surface area contributed by atoms with Crippen molar-refractivity contribution >= 4 is 5.97 Å². The van der Waals surface area contributed by atoms with Crippen LogP contribution in [0.5, 0.6) is 0 Å². The van der Waals surface area contributed by atoms with Gasteiger partial charge >= 0.3 is 5.97 Å². The third-order valence-corrected chi connectivity index (χ3v) is 14.2. The minimum atomic E-state index is -1.67. The average molecular weight is 699 g/mol. The smallest absolute Gasteiger partial charge is 0.331 e. The number of carbonyl (C=O) groups excluding carboxylic acids is 1. The first-order chi connectivity index (χ1) is 23.3. The largest absolute Gasteiger partial charge is 0.458 e. The van der Waals surface area contributed by atoms with Crippen LogP contribution in [0.15, 0.2) is 11.6 Å². The maximum Gasteiger partial charge on any atom is 0.331 e. The van der Waals surface area contributed by atoms with E-state index in [1.807, 2.05) is 0 Å². The maximum absolute atomic E-state index is 12.5. The van der Waals surface area contributed by atoms with Crippen molar-refractivity contribution < 1.29 is 69.3 Å². The minimum Gasteiger partial charge on any atom is -0.458 e. The monoisotopic (exact) mass is 698 g/mol. The number of ether oxygens (including phenoxy) is 5. The van der Waals surface area contributed by atoms with E-state index in [1.165, 1.54) is 0 Å². The standard InChI is InChI=1S/C35H54O14/c1-16-30(49-32-28(42)26(40)25(39)23(13-36)48-32)27(41)29(43)31(46-16)47-19-5-9-34(15-37)18(12-19)3-4-22-21(34)6-8-33(2)20(7-10-35(22,33)44)17-11-24(38)45-14-17/h11,16,18-23,25-32,36-37,39-44H,3-10,12-15H2,1-2H3/t16-,18+,19-,20+,21-,22+,23+,25+,26-,27-,28+,29+,30-,31-,32-,33+,34+,35-/m0/s1. The predicted molar refractivity (Wildman–Crippen MR) is 167 cm³/mol. The van der Waals surface area contributed by atoms with E-state index < -0.39 is 73.6 Å². The van der Waals surface area contributed by atoms with E-state index in [0.29, 0.717) is 32.3 Å². The van der Waals surface area contributed by atoms with Gasteiger partial charge in [0.15, 0.2) is 12.6 Å². The van der Waals surface area contributed by atoms with Crippen LogP contribution in [0.3, 0.4) is 0 Å². The van der Waals surface area contributed by atoms with Gasteiger partial charge in [-0.05, 0) is 99.4 Å². The van der Waals surface area contributed by atoms with Gasteiger partial charge in [0, 0.05) is 18.1 Å². The van der Waals surface area contributed by atoms with Crippen molar-refractivity contribution in [3.05, 3.63) is 11.6 Å². The number of fused-ring (bicyclic) bond motifs is 5. The summed E-state index contributed by atoms with van der Waals surface area (Å²) >= 11 is 0. The molecule has 0 amide bonds. The Labute approximate surface area is 285 Å². The summed E-state index contributed by atoms with van der Waals surface area (Å²) in [6.45, 7) is 3.47. The SMILES string of the molecule is C[C@@H]1O[C@@H](O[C@H]2CC[C@@]3(CO)[C@H](CC[C@@H]4[C@@H]3CC[C@]3(C)[C@@H](C5=CC(=O)OC5)CC[C@]43O)C2)[C@H](O)[C@H](O)[C@H]1O[C@@H]1O[C@H](CO)[C@@H](O)[C@H](O)[C@H]1O. The lowest BCUT2D eigenvalue weighted by Crippen LogP contribution is -2.64. The quantitative estimate of drug-likeness (QED) is 0.121. The highest BCUT2D eigenvalue weighted by Crippen LogP contribution is 2.70. The molecule has 14 heteroatoms. The molecule has 2 saturated heterocycles. The molecule has 49 heavy (non-hydrogen) atoms. The molecule has 0 aromatic heterocycles. The second-order valence-corrected chi connectivity index (χ2v) is 16.2. The van der Waals surface area contributed by atoms with Crippen molar-refractivity contribution in [2.24, 2.45) is 34.5 Å². The Balaban J connectivity index is 0.995. The Morgan fingerprint density at radius 1 is 0.837 bits per heavy atom. The molecule has 4 saturated carbocycles. The first kappa shape index (κ1) is 36.1. The number of aliphatic hydroxyl groups excluding tert-OH is 7. The van der Waals surface area contributed by atoms with Gasteiger partial charge in [0.2, 0.25) is 0 Å². The molecule has 278 valence electrons. The van der Waals surface area contributed by atoms with Gasteiger partial charge in [-0.3, -0.25) is 0 Å². The zero-order valence-corrected chi connectivity index (χ0v) is 28.3. The van der Waals surface area contributed by atoms with E-state index in [0.717, 1.165) is 37.7 Å². The van der Waals surface area contributed by atoms with Gasteiger partial charge in [0.1, 0.15) is 49.3 Å². The molecule has 0 bridgehead atoms. The number of hydrogen-bond donors (Lipinski definition) is 8. The highest BCUT2D eigenvalue weighted by molar-refractivity contribution is 5.85. The highest BCUT2D eigenvalue weighted by Gasteiger charge is 2.68. The van der Waals surface area contributed by atoms with E-state index in [1.54, 1.807) is 13.0 Å². The molecule has 7 aliphatic rings. The molecular formula is C35H54O14. The molecule has 0 unspecified atom stereocenters. The van der Waals surface area contributed by atoms with Crippen LogP contribution in [-0.4, -0.2) is 140 Å². The normalized spacial score (nSPS) is 54.4. The fraction of sp³-hybridized carbons (Fsp3) is 0.914. The Morgan fingerprint density at radius 3 is 2.27 bits per heavy atom. The first-order valence-corrected chi connectivity index (χ1v) is 18.1.